The van der Waals surface area contributed by atoms with Crippen LogP contribution in [0.1, 0.15) is 44.6 Å². The summed E-state index contributed by atoms with van der Waals surface area (Å²) in [7, 11) is 0. The second-order valence-corrected chi connectivity index (χ2v) is 7.90. The van der Waals surface area contributed by atoms with Crippen molar-refractivity contribution in [2.75, 3.05) is 0 Å². The zero-order valence-corrected chi connectivity index (χ0v) is 16.0. The Morgan fingerprint density at radius 1 is 1.26 bits per heavy atom. The SMILES string of the molecule is CC(=O)CC1=C(c2ccc(Cl)cc2Cl)C(=O)OC12CCC(C(F)(F)F)CC2. The molecule has 1 fully saturated rings. The molecule has 0 N–H and O–H groups in total. The van der Waals surface area contributed by atoms with Gasteiger partial charge in [0.1, 0.15) is 11.4 Å². The largest absolute Gasteiger partial charge is 0.451 e. The number of rotatable bonds is 3. The normalized spacial score (nSPS) is 25.9. The molecule has 1 aliphatic carbocycles. The van der Waals surface area contributed by atoms with Gasteiger partial charge in [-0.05, 0) is 50.3 Å². The van der Waals surface area contributed by atoms with E-state index in [0.29, 0.717) is 16.2 Å². The van der Waals surface area contributed by atoms with Gasteiger partial charge in [-0.25, -0.2) is 4.79 Å². The first kappa shape index (κ1) is 20.2. The Kier molecular flexibility index (Phi) is 5.34. The molecule has 1 heterocycles. The highest BCUT2D eigenvalue weighted by atomic mass is 35.5. The fourth-order valence-corrected chi connectivity index (χ4v) is 4.42. The van der Waals surface area contributed by atoms with Gasteiger partial charge in [0.25, 0.3) is 0 Å². The highest BCUT2D eigenvalue weighted by Crippen LogP contribution is 2.52. The van der Waals surface area contributed by atoms with Crippen LogP contribution in [0.5, 0.6) is 0 Å². The molecule has 3 rings (SSSR count). The zero-order chi connectivity index (χ0) is 20.0. The Morgan fingerprint density at radius 2 is 1.89 bits per heavy atom. The summed E-state index contributed by atoms with van der Waals surface area (Å²) in [5.41, 5.74) is -0.220. The van der Waals surface area contributed by atoms with Crippen LogP contribution in [-0.4, -0.2) is 23.5 Å². The molecule has 146 valence electrons. The summed E-state index contributed by atoms with van der Waals surface area (Å²) in [4.78, 5) is 24.5. The van der Waals surface area contributed by atoms with Crippen molar-refractivity contribution in [1.29, 1.82) is 0 Å². The Morgan fingerprint density at radius 3 is 2.41 bits per heavy atom. The molecular formula is C19H17Cl2F3O3. The number of carbonyl (C=O) groups is 2. The van der Waals surface area contributed by atoms with E-state index in [1.54, 1.807) is 12.1 Å². The number of esters is 1. The third kappa shape index (κ3) is 3.87. The molecule has 0 aromatic heterocycles. The molecule has 2 aliphatic rings. The molecule has 27 heavy (non-hydrogen) atoms. The van der Waals surface area contributed by atoms with E-state index in [-0.39, 0.29) is 48.5 Å². The van der Waals surface area contributed by atoms with Crippen LogP contribution in [0.4, 0.5) is 13.2 Å². The summed E-state index contributed by atoms with van der Waals surface area (Å²) in [6.07, 6.45) is -4.60. The quantitative estimate of drug-likeness (QED) is 0.582. The molecule has 0 bridgehead atoms. The first-order chi connectivity index (χ1) is 12.5. The summed E-state index contributed by atoms with van der Waals surface area (Å²) < 4.78 is 44.7. The predicted octanol–water partition coefficient (Wildman–Crippen LogP) is 5.77. The van der Waals surface area contributed by atoms with Gasteiger partial charge in [-0.2, -0.15) is 13.2 Å². The lowest BCUT2D eigenvalue weighted by molar-refractivity contribution is -0.192. The Bertz CT molecular complexity index is 822. The summed E-state index contributed by atoms with van der Waals surface area (Å²) in [6, 6.07) is 4.58. The van der Waals surface area contributed by atoms with Gasteiger partial charge in [0, 0.05) is 17.0 Å². The lowest BCUT2D eigenvalue weighted by atomic mass is 9.72. The van der Waals surface area contributed by atoms with E-state index < -0.39 is 23.7 Å². The minimum absolute atomic E-state index is 0.0280. The van der Waals surface area contributed by atoms with Gasteiger partial charge in [0.05, 0.1) is 16.5 Å². The van der Waals surface area contributed by atoms with Gasteiger partial charge < -0.3 is 4.74 Å². The molecule has 8 heteroatoms. The maximum absolute atomic E-state index is 13.0. The summed E-state index contributed by atoms with van der Waals surface area (Å²) in [5.74, 6) is -2.30. The van der Waals surface area contributed by atoms with Gasteiger partial charge in [-0.1, -0.05) is 29.3 Å². The average molecular weight is 421 g/mol. The van der Waals surface area contributed by atoms with Crippen LogP contribution in [0.25, 0.3) is 5.57 Å². The third-order valence-electron chi connectivity index (χ3n) is 5.23. The third-order valence-corrected chi connectivity index (χ3v) is 5.77. The van der Waals surface area contributed by atoms with Crippen molar-refractivity contribution < 1.29 is 27.5 Å². The maximum atomic E-state index is 13.0. The molecule has 3 nitrogen and oxygen atoms in total. The highest BCUT2D eigenvalue weighted by molar-refractivity contribution is 6.37. The number of Topliss-reactive ketones (excluding diaryl/α,β-unsaturated/α-hetero) is 1. The molecule has 1 aromatic rings. The van der Waals surface area contributed by atoms with Gasteiger partial charge in [0.15, 0.2) is 0 Å². The average Bonchev–Trinajstić information content (AvgIpc) is 2.78. The smallest absolute Gasteiger partial charge is 0.391 e. The van der Waals surface area contributed by atoms with Crippen LogP contribution in [0.2, 0.25) is 10.0 Å². The number of halogens is 5. The molecule has 0 amide bonds. The predicted molar refractivity (Wildman–Crippen MR) is 95.5 cm³/mol. The standard InChI is InChI=1S/C19H17Cl2F3O3/c1-10(25)8-14-16(13-3-2-12(20)9-15(13)21)17(26)27-18(14)6-4-11(5-7-18)19(22,23)24/h2-3,9,11H,4-8H2,1H3. The molecular weight excluding hydrogens is 404 g/mol. The first-order valence-corrected chi connectivity index (χ1v) is 9.27. The Hall–Kier alpha value is -1.53. The number of hydrogen-bond donors (Lipinski definition) is 0. The second-order valence-electron chi connectivity index (χ2n) is 7.06. The molecule has 1 spiro atoms. The lowest BCUT2D eigenvalue weighted by Crippen LogP contribution is -2.40. The van der Waals surface area contributed by atoms with E-state index in [4.69, 9.17) is 27.9 Å². The molecule has 1 saturated carbocycles. The topological polar surface area (TPSA) is 43.4 Å². The van der Waals surface area contributed by atoms with Crippen molar-refractivity contribution in [1.82, 2.24) is 0 Å². The van der Waals surface area contributed by atoms with E-state index >= 15 is 0 Å². The van der Waals surface area contributed by atoms with Crippen molar-refractivity contribution in [3.05, 3.63) is 39.4 Å². The fourth-order valence-electron chi connectivity index (χ4n) is 3.92. The second kappa shape index (κ2) is 7.13. The minimum Gasteiger partial charge on any atom is -0.451 e. The minimum atomic E-state index is -4.28. The number of hydrogen-bond acceptors (Lipinski definition) is 3. The molecule has 1 aliphatic heterocycles. The van der Waals surface area contributed by atoms with Crippen LogP contribution >= 0.6 is 23.2 Å². The number of ether oxygens (including phenoxy) is 1. The van der Waals surface area contributed by atoms with Crippen molar-refractivity contribution in [2.24, 2.45) is 5.92 Å². The fraction of sp³-hybridized carbons (Fsp3) is 0.474. The van der Waals surface area contributed by atoms with E-state index in [1.165, 1.54) is 13.0 Å². The van der Waals surface area contributed by atoms with Crippen LogP contribution in [0.3, 0.4) is 0 Å². The van der Waals surface area contributed by atoms with Crippen molar-refractivity contribution in [3.8, 4) is 0 Å². The first-order valence-electron chi connectivity index (χ1n) is 8.52. The number of ketones is 1. The highest BCUT2D eigenvalue weighted by Gasteiger charge is 2.53. The maximum Gasteiger partial charge on any atom is 0.391 e. The zero-order valence-electron chi connectivity index (χ0n) is 14.5. The monoisotopic (exact) mass is 420 g/mol. The summed E-state index contributed by atoms with van der Waals surface area (Å²) in [6.45, 7) is 1.37. The number of carbonyl (C=O) groups excluding carboxylic acids is 2. The van der Waals surface area contributed by atoms with E-state index in [2.05, 4.69) is 0 Å². The number of alkyl halides is 3. The molecule has 0 unspecified atom stereocenters. The molecule has 0 radical (unpaired) electrons. The van der Waals surface area contributed by atoms with Crippen LogP contribution in [0.15, 0.2) is 23.8 Å². The molecule has 0 saturated heterocycles. The van der Waals surface area contributed by atoms with E-state index in [1.807, 2.05) is 0 Å². The molecule has 0 atom stereocenters. The van der Waals surface area contributed by atoms with E-state index in [9.17, 15) is 22.8 Å². The Balaban J connectivity index is 2.05. The Labute approximate surface area is 164 Å². The van der Waals surface area contributed by atoms with Crippen LogP contribution < -0.4 is 0 Å². The van der Waals surface area contributed by atoms with Gasteiger partial charge >= 0.3 is 12.1 Å². The van der Waals surface area contributed by atoms with Crippen molar-refractivity contribution in [2.45, 2.75) is 50.8 Å². The van der Waals surface area contributed by atoms with Crippen LogP contribution in [0, 0.1) is 5.92 Å². The lowest BCUT2D eigenvalue weighted by Gasteiger charge is -2.38. The van der Waals surface area contributed by atoms with Gasteiger partial charge in [-0.3, -0.25) is 4.79 Å². The molecule has 1 aromatic carbocycles. The number of benzene rings is 1. The summed E-state index contributed by atoms with van der Waals surface area (Å²) in [5, 5.41) is 0.598. The van der Waals surface area contributed by atoms with Crippen molar-refractivity contribution in [3.63, 3.8) is 0 Å². The van der Waals surface area contributed by atoms with Crippen LogP contribution in [-0.2, 0) is 14.3 Å². The van der Waals surface area contributed by atoms with Gasteiger partial charge in [-0.15, -0.1) is 0 Å². The van der Waals surface area contributed by atoms with Gasteiger partial charge in [0.2, 0.25) is 0 Å². The van der Waals surface area contributed by atoms with E-state index in [0.717, 1.165) is 0 Å². The van der Waals surface area contributed by atoms with Crippen molar-refractivity contribution >= 4 is 40.5 Å². The summed E-state index contributed by atoms with van der Waals surface area (Å²) >= 11 is 12.1.